The van der Waals surface area contributed by atoms with E-state index in [2.05, 4.69) is 10.5 Å². The fourth-order valence-electron chi connectivity index (χ4n) is 7.08. The van der Waals surface area contributed by atoms with E-state index in [1.807, 2.05) is 78.9 Å². The number of anilines is 1. The van der Waals surface area contributed by atoms with E-state index in [4.69, 9.17) is 11.6 Å². The van der Waals surface area contributed by atoms with Gasteiger partial charge in [0.2, 0.25) is 17.7 Å². The molecule has 0 saturated carbocycles. The van der Waals surface area contributed by atoms with Gasteiger partial charge in [0.25, 0.3) is 0 Å². The lowest BCUT2D eigenvalue weighted by atomic mass is 9.47. The molecule has 8 rings (SSSR count). The summed E-state index contributed by atoms with van der Waals surface area (Å²) in [5.41, 5.74) is 6.93. The van der Waals surface area contributed by atoms with E-state index in [0.717, 1.165) is 27.8 Å². The lowest BCUT2D eigenvalue weighted by Gasteiger charge is -2.52. The third kappa shape index (κ3) is 3.78. The van der Waals surface area contributed by atoms with Gasteiger partial charge in [-0.25, -0.2) is 10.3 Å². The molecule has 1 fully saturated rings. The Morgan fingerprint density at radius 1 is 0.829 bits per heavy atom. The average Bonchev–Trinajstić information content (AvgIpc) is 3.27. The van der Waals surface area contributed by atoms with Crippen LogP contribution in [0.15, 0.2) is 108 Å². The number of hydrogen-bond donors (Lipinski definition) is 1. The number of imide groups is 1. The number of carbonyl (C=O) groups is 3. The highest BCUT2D eigenvalue weighted by atomic mass is 35.5. The van der Waals surface area contributed by atoms with Crippen LogP contribution in [0.2, 0.25) is 5.02 Å². The van der Waals surface area contributed by atoms with Crippen molar-refractivity contribution in [1.29, 1.82) is 0 Å². The molecule has 1 saturated heterocycles. The molecule has 7 heteroatoms. The minimum Gasteiger partial charge on any atom is -0.274 e. The van der Waals surface area contributed by atoms with Crippen molar-refractivity contribution >= 4 is 41.2 Å². The molecule has 202 valence electrons. The highest BCUT2D eigenvalue weighted by molar-refractivity contribution is 6.36. The molecule has 2 bridgehead atoms. The third-order valence-corrected chi connectivity index (χ3v) is 9.04. The van der Waals surface area contributed by atoms with Crippen molar-refractivity contribution in [2.45, 2.75) is 24.2 Å². The maximum Gasteiger partial charge on any atom is 0.240 e. The fourth-order valence-corrected chi connectivity index (χ4v) is 7.31. The van der Waals surface area contributed by atoms with Crippen LogP contribution in [0.5, 0.6) is 0 Å². The number of carbonyl (C=O) groups excluding carboxylic acids is 3. The summed E-state index contributed by atoms with van der Waals surface area (Å²) in [5.74, 6) is -2.48. The summed E-state index contributed by atoms with van der Waals surface area (Å²) in [5, 5.41) is 4.81. The second-order valence-electron chi connectivity index (χ2n) is 10.8. The largest absolute Gasteiger partial charge is 0.274 e. The van der Waals surface area contributed by atoms with Gasteiger partial charge in [0.15, 0.2) is 0 Å². The molecule has 41 heavy (non-hydrogen) atoms. The number of hydrogen-bond acceptors (Lipinski definition) is 4. The van der Waals surface area contributed by atoms with Gasteiger partial charge in [0.1, 0.15) is 0 Å². The first-order chi connectivity index (χ1) is 20.0. The first-order valence-corrected chi connectivity index (χ1v) is 14.1. The van der Waals surface area contributed by atoms with E-state index in [1.54, 1.807) is 30.5 Å². The summed E-state index contributed by atoms with van der Waals surface area (Å²) in [7, 11) is 0. The van der Waals surface area contributed by atoms with Gasteiger partial charge in [-0.2, -0.15) is 5.10 Å². The second-order valence-corrected chi connectivity index (χ2v) is 11.2. The molecule has 3 aliphatic carbocycles. The minimum absolute atomic E-state index is 0.226. The molecule has 2 atom stereocenters. The Morgan fingerprint density at radius 2 is 1.44 bits per heavy atom. The predicted octanol–water partition coefficient (Wildman–Crippen LogP) is 5.63. The van der Waals surface area contributed by atoms with Gasteiger partial charge in [-0.05, 0) is 46.4 Å². The van der Waals surface area contributed by atoms with E-state index in [1.165, 1.54) is 4.90 Å². The quantitative estimate of drug-likeness (QED) is 0.189. The third-order valence-electron chi connectivity index (χ3n) is 8.72. The number of rotatable bonds is 6. The van der Waals surface area contributed by atoms with Crippen molar-refractivity contribution in [3.8, 4) is 0 Å². The zero-order chi connectivity index (χ0) is 28.1. The number of halogens is 1. The molecule has 4 aliphatic rings. The topological polar surface area (TPSA) is 78.8 Å². The van der Waals surface area contributed by atoms with Crippen LogP contribution < -0.4 is 10.3 Å². The molecular formula is C34H26ClN3O3. The molecule has 1 heterocycles. The highest BCUT2D eigenvalue weighted by Gasteiger charge is 2.68. The van der Waals surface area contributed by atoms with Crippen LogP contribution >= 0.6 is 11.6 Å². The van der Waals surface area contributed by atoms with Crippen LogP contribution in [0.1, 0.15) is 40.2 Å². The summed E-state index contributed by atoms with van der Waals surface area (Å²) in [6, 6.07) is 32.6. The van der Waals surface area contributed by atoms with E-state index in [-0.39, 0.29) is 30.1 Å². The Balaban J connectivity index is 1.33. The first kappa shape index (κ1) is 25.4. The highest BCUT2D eigenvalue weighted by Crippen LogP contribution is 2.63. The van der Waals surface area contributed by atoms with Crippen molar-refractivity contribution in [2.24, 2.45) is 16.9 Å². The molecule has 0 radical (unpaired) electrons. The lowest BCUT2D eigenvalue weighted by molar-refractivity contribution is -0.123. The van der Waals surface area contributed by atoms with Crippen LogP contribution in [-0.2, 0) is 26.2 Å². The monoisotopic (exact) mass is 559 g/mol. The molecule has 0 aromatic heterocycles. The van der Waals surface area contributed by atoms with E-state index in [9.17, 15) is 14.4 Å². The van der Waals surface area contributed by atoms with Crippen LogP contribution in [-0.4, -0.2) is 23.9 Å². The molecule has 1 N–H and O–H groups in total. The van der Waals surface area contributed by atoms with Crippen molar-refractivity contribution < 1.29 is 14.4 Å². The Kier molecular flexibility index (Phi) is 6.09. The van der Waals surface area contributed by atoms with Gasteiger partial charge in [0.05, 0.1) is 28.0 Å². The SMILES string of the molecule is O=C(CCc1ccccc1)N/N=C\C12c3ccccc3C(c3ccccc31)[C@H]1C(=O)N(c3ccccc3Cl)C(=O)[C@H]12. The molecule has 0 spiro atoms. The Hall–Kier alpha value is -4.55. The van der Waals surface area contributed by atoms with Gasteiger partial charge in [-0.3, -0.25) is 14.4 Å². The number of benzene rings is 4. The molecular weight excluding hydrogens is 534 g/mol. The number of nitrogens with zero attached hydrogens (tertiary/aromatic N) is 2. The van der Waals surface area contributed by atoms with Crippen molar-refractivity contribution in [3.05, 3.63) is 136 Å². The van der Waals surface area contributed by atoms with Crippen molar-refractivity contribution in [2.75, 3.05) is 4.90 Å². The summed E-state index contributed by atoms with van der Waals surface area (Å²) >= 11 is 6.51. The molecule has 4 aromatic rings. The fraction of sp³-hybridized carbons (Fsp3) is 0.176. The predicted molar refractivity (Wildman–Crippen MR) is 158 cm³/mol. The molecule has 0 unspecified atom stereocenters. The summed E-state index contributed by atoms with van der Waals surface area (Å²) < 4.78 is 0. The average molecular weight is 560 g/mol. The molecule has 4 aromatic carbocycles. The minimum atomic E-state index is -1.05. The smallest absolute Gasteiger partial charge is 0.240 e. The van der Waals surface area contributed by atoms with Crippen molar-refractivity contribution in [1.82, 2.24) is 5.43 Å². The normalized spacial score (nSPS) is 23.8. The maximum absolute atomic E-state index is 14.4. The lowest BCUT2D eigenvalue weighted by Crippen LogP contribution is -2.54. The van der Waals surface area contributed by atoms with Crippen molar-refractivity contribution in [3.63, 3.8) is 0 Å². The second kappa shape index (κ2) is 9.82. The number of aryl methyl sites for hydroxylation is 1. The molecule has 3 amide bonds. The Labute approximate surface area is 242 Å². The maximum atomic E-state index is 14.4. The number of amides is 3. The standard InChI is InChI=1S/C34H26ClN3O3/c35-26-16-8-9-17-27(26)38-32(40)30-29-22-12-4-6-14-24(22)34(31(30)33(38)41,25-15-7-5-13-23(25)29)20-36-37-28(39)19-18-21-10-2-1-3-11-21/h1-17,20,29-31H,18-19H2,(H,37,39)/b36-20-/t29?,30-,31+,34?/m1/s1. The van der Waals surface area contributed by atoms with Gasteiger partial charge in [-0.15, -0.1) is 0 Å². The van der Waals surface area contributed by atoms with Gasteiger partial charge in [0, 0.05) is 18.6 Å². The summed E-state index contributed by atoms with van der Waals surface area (Å²) in [6.07, 6.45) is 2.54. The number of para-hydroxylation sites is 1. The van der Waals surface area contributed by atoms with Crippen LogP contribution in [0.4, 0.5) is 5.69 Å². The van der Waals surface area contributed by atoms with Crippen LogP contribution in [0, 0.1) is 11.8 Å². The molecule has 6 nitrogen and oxygen atoms in total. The van der Waals surface area contributed by atoms with Gasteiger partial charge < -0.3 is 0 Å². The van der Waals surface area contributed by atoms with Gasteiger partial charge in [-0.1, -0.05) is 103 Å². The van der Waals surface area contributed by atoms with E-state index >= 15 is 0 Å². The first-order valence-electron chi connectivity index (χ1n) is 13.7. The summed E-state index contributed by atoms with van der Waals surface area (Å²) in [6.45, 7) is 0. The van der Waals surface area contributed by atoms with E-state index in [0.29, 0.717) is 17.1 Å². The summed E-state index contributed by atoms with van der Waals surface area (Å²) in [4.78, 5) is 42.6. The Bertz CT molecular complexity index is 1690. The number of hydrazone groups is 1. The zero-order valence-electron chi connectivity index (χ0n) is 22.0. The zero-order valence-corrected chi connectivity index (χ0v) is 22.8. The Morgan fingerprint density at radius 3 is 2.12 bits per heavy atom. The number of nitrogens with one attached hydrogen (secondary N) is 1. The van der Waals surface area contributed by atoms with E-state index < -0.39 is 17.3 Å². The van der Waals surface area contributed by atoms with Crippen LogP contribution in [0.25, 0.3) is 0 Å². The molecule has 1 aliphatic heterocycles. The van der Waals surface area contributed by atoms with Crippen LogP contribution in [0.3, 0.4) is 0 Å². The van der Waals surface area contributed by atoms with Gasteiger partial charge >= 0.3 is 0 Å².